The SMILES string of the molecule is COc1cc(Cl)ccc1C(=O)NNC(=O)CCCOc1ccc(Cl)cc1. The van der Waals surface area contributed by atoms with E-state index < -0.39 is 5.91 Å². The van der Waals surface area contributed by atoms with Gasteiger partial charge in [0.2, 0.25) is 5.91 Å². The molecule has 2 N–H and O–H groups in total. The molecule has 0 aliphatic carbocycles. The summed E-state index contributed by atoms with van der Waals surface area (Å²) in [5.41, 5.74) is 4.96. The summed E-state index contributed by atoms with van der Waals surface area (Å²) in [5.74, 6) is 0.175. The molecule has 0 aromatic heterocycles. The standard InChI is InChI=1S/C18H18Cl2N2O4/c1-25-16-11-13(20)6-9-15(16)18(24)22-21-17(23)3-2-10-26-14-7-4-12(19)5-8-14/h4-9,11H,2-3,10H2,1H3,(H,21,23)(H,22,24). The van der Waals surface area contributed by atoms with Gasteiger partial charge in [-0.15, -0.1) is 0 Å². The highest BCUT2D eigenvalue weighted by Gasteiger charge is 2.13. The minimum absolute atomic E-state index is 0.200. The smallest absolute Gasteiger partial charge is 0.273 e. The van der Waals surface area contributed by atoms with Crippen LogP contribution in [0.2, 0.25) is 10.0 Å². The zero-order valence-electron chi connectivity index (χ0n) is 14.1. The van der Waals surface area contributed by atoms with Crippen LogP contribution in [0.5, 0.6) is 11.5 Å². The van der Waals surface area contributed by atoms with Crippen LogP contribution >= 0.6 is 23.2 Å². The van der Waals surface area contributed by atoms with Gasteiger partial charge in [-0.05, 0) is 48.9 Å². The van der Waals surface area contributed by atoms with Crippen LogP contribution in [0.15, 0.2) is 42.5 Å². The number of hydrogen-bond donors (Lipinski definition) is 2. The topological polar surface area (TPSA) is 76.7 Å². The van der Waals surface area contributed by atoms with E-state index in [4.69, 9.17) is 32.7 Å². The van der Waals surface area contributed by atoms with Crippen molar-refractivity contribution >= 4 is 35.0 Å². The molecule has 2 aromatic carbocycles. The Morgan fingerprint density at radius 2 is 1.69 bits per heavy atom. The van der Waals surface area contributed by atoms with Gasteiger partial charge < -0.3 is 9.47 Å². The highest BCUT2D eigenvalue weighted by Crippen LogP contribution is 2.22. The lowest BCUT2D eigenvalue weighted by Crippen LogP contribution is -2.41. The Hall–Kier alpha value is -2.44. The van der Waals surface area contributed by atoms with Crippen molar-refractivity contribution < 1.29 is 19.1 Å². The van der Waals surface area contributed by atoms with Crippen molar-refractivity contribution in [3.63, 3.8) is 0 Å². The normalized spacial score (nSPS) is 10.1. The van der Waals surface area contributed by atoms with E-state index in [0.717, 1.165) is 0 Å². The molecule has 0 aliphatic rings. The maximum absolute atomic E-state index is 12.1. The quantitative estimate of drug-likeness (QED) is 0.553. The predicted molar refractivity (Wildman–Crippen MR) is 99.8 cm³/mol. The molecule has 0 saturated carbocycles. The lowest BCUT2D eigenvalue weighted by Gasteiger charge is -2.11. The third-order valence-corrected chi connectivity index (χ3v) is 3.84. The molecule has 2 rings (SSSR count). The first-order chi connectivity index (χ1) is 12.5. The number of carbonyl (C=O) groups excluding carboxylic acids is 2. The third kappa shape index (κ3) is 6.13. The van der Waals surface area contributed by atoms with E-state index >= 15 is 0 Å². The maximum Gasteiger partial charge on any atom is 0.273 e. The van der Waals surface area contributed by atoms with Gasteiger partial charge >= 0.3 is 0 Å². The largest absolute Gasteiger partial charge is 0.496 e. The molecule has 6 nitrogen and oxygen atoms in total. The van der Waals surface area contributed by atoms with Crippen LogP contribution < -0.4 is 20.3 Å². The van der Waals surface area contributed by atoms with Gasteiger partial charge in [0, 0.05) is 16.5 Å². The van der Waals surface area contributed by atoms with Crippen LogP contribution in [0.3, 0.4) is 0 Å². The van der Waals surface area contributed by atoms with Gasteiger partial charge in [0.05, 0.1) is 19.3 Å². The van der Waals surface area contributed by atoms with Gasteiger partial charge in [-0.1, -0.05) is 23.2 Å². The summed E-state index contributed by atoms with van der Waals surface area (Å²) < 4.78 is 10.6. The molecule has 0 aliphatic heterocycles. The van der Waals surface area contributed by atoms with E-state index in [-0.39, 0.29) is 17.9 Å². The van der Waals surface area contributed by atoms with Crippen molar-refractivity contribution in [3.05, 3.63) is 58.1 Å². The molecule has 2 aromatic rings. The number of carbonyl (C=O) groups is 2. The van der Waals surface area contributed by atoms with Crippen LogP contribution in [-0.4, -0.2) is 25.5 Å². The molecule has 0 unspecified atom stereocenters. The number of ether oxygens (including phenoxy) is 2. The lowest BCUT2D eigenvalue weighted by molar-refractivity contribution is -0.122. The van der Waals surface area contributed by atoms with Gasteiger partial charge in [-0.25, -0.2) is 0 Å². The van der Waals surface area contributed by atoms with Gasteiger partial charge in [0.1, 0.15) is 11.5 Å². The number of benzene rings is 2. The van der Waals surface area contributed by atoms with Crippen LogP contribution in [0.4, 0.5) is 0 Å². The number of hydrogen-bond acceptors (Lipinski definition) is 4. The predicted octanol–water partition coefficient (Wildman–Crippen LogP) is 3.62. The van der Waals surface area contributed by atoms with Gasteiger partial charge in [-0.3, -0.25) is 20.4 Å². The highest BCUT2D eigenvalue weighted by atomic mass is 35.5. The number of amides is 2. The molecular weight excluding hydrogens is 379 g/mol. The Balaban J connectivity index is 1.71. The number of rotatable bonds is 7. The molecule has 0 heterocycles. The fourth-order valence-corrected chi connectivity index (χ4v) is 2.35. The zero-order valence-corrected chi connectivity index (χ0v) is 15.6. The van der Waals surface area contributed by atoms with Crippen LogP contribution in [0.25, 0.3) is 0 Å². The Morgan fingerprint density at radius 3 is 2.38 bits per heavy atom. The summed E-state index contributed by atoms with van der Waals surface area (Å²) in [4.78, 5) is 23.9. The lowest BCUT2D eigenvalue weighted by atomic mass is 10.2. The number of hydrazine groups is 1. The molecule has 0 atom stereocenters. The van der Waals surface area contributed by atoms with Gasteiger partial charge in [0.15, 0.2) is 0 Å². The number of halogens is 2. The Labute approximate surface area is 161 Å². The summed E-state index contributed by atoms with van der Waals surface area (Å²) in [6.07, 6.45) is 0.695. The maximum atomic E-state index is 12.1. The second-order valence-electron chi connectivity index (χ2n) is 5.25. The van der Waals surface area contributed by atoms with Crippen molar-refractivity contribution in [2.24, 2.45) is 0 Å². The minimum atomic E-state index is -0.496. The second-order valence-corrected chi connectivity index (χ2v) is 6.13. The average Bonchev–Trinajstić information content (AvgIpc) is 2.64. The van der Waals surface area contributed by atoms with Crippen LogP contribution in [0.1, 0.15) is 23.2 Å². The van der Waals surface area contributed by atoms with E-state index in [1.165, 1.54) is 19.2 Å². The minimum Gasteiger partial charge on any atom is -0.496 e. The zero-order chi connectivity index (χ0) is 18.9. The van der Waals surface area contributed by atoms with Crippen molar-refractivity contribution in [2.45, 2.75) is 12.8 Å². The Morgan fingerprint density at radius 1 is 1.00 bits per heavy atom. The first-order valence-electron chi connectivity index (χ1n) is 7.80. The molecule has 8 heteroatoms. The molecule has 138 valence electrons. The summed E-state index contributed by atoms with van der Waals surface area (Å²) >= 11 is 11.6. The summed E-state index contributed by atoms with van der Waals surface area (Å²) in [6, 6.07) is 11.6. The van der Waals surface area contributed by atoms with Gasteiger partial charge in [0.25, 0.3) is 5.91 Å². The highest BCUT2D eigenvalue weighted by molar-refractivity contribution is 6.31. The van der Waals surface area contributed by atoms with Crippen LogP contribution in [0, 0.1) is 0 Å². The summed E-state index contributed by atoms with van der Waals surface area (Å²) in [7, 11) is 1.43. The van der Waals surface area contributed by atoms with E-state index in [9.17, 15) is 9.59 Å². The molecule has 2 amide bonds. The molecule has 0 fully saturated rings. The van der Waals surface area contributed by atoms with E-state index in [1.807, 2.05) is 0 Å². The monoisotopic (exact) mass is 396 g/mol. The van der Waals surface area contributed by atoms with Gasteiger partial charge in [-0.2, -0.15) is 0 Å². The molecule has 0 bridgehead atoms. The third-order valence-electron chi connectivity index (χ3n) is 3.35. The summed E-state index contributed by atoms with van der Waals surface area (Å²) in [6.45, 7) is 0.369. The number of methoxy groups -OCH3 is 1. The second kappa shape index (κ2) is 9.89. The van der Waals surface area contributed by atoms with Crippen molar-refractivity contribution in [1.29, 1.82) is 0 Å². The van der Waals surface area contributed by atoms with Crippen molar-refractivity contribution in [2.75, 3.05) is 13.7 Å². The fourth-order valence-electron chi connectivity index (χ4n) is 2.06. The molecule has 0 saturated heterocycles. The molecule has 0 spiro atoms. The van der Waals surface area contributed by atoms with Crippen LogP contribution in [-0.2, 0) is 4.79 Å². The van der Waals surface area contributed by atoms with Crippen molar-refractivity contribution in [3.8, 4) is 11.5 Å². The molecule has 26 heavy (non-hydrogen) atoms. The van der Waals surface area contributed by atoms with E-state index in [2.05, 4.69) is 10.9 Å². The Kier molecular flexibility index (Phi) is 7.56. The average molecular weight is 397 g/mol. The van der Waals surface area contributed by atoms with Crippen molar-refractivity contribution in [1.82, 2.24) is 10.9 Å². The Bertz CT molecular complexity index is 766. The first-order valence-corrected chi connectivity index (χ1v) is 8.56. The number of nitrogens with one attached hydrogen (secondary N) is 2. The first kappa shape index (κ1) is 19.9. The fraction of sp³-hybridized carbons (Fsp3) is 0.222. The van der Waals surface area contributed by atoms with E-state index in [0.29, 0.717) is 34.6 Å². The molecule has 0 radical (unpaired) electrons. The molecular formula is C18H18Cl2N2O4. The van der Waals surface area contributed by atoms with E-state index in [1.54, 1.807) is 30.3 Å². The summed E-state index contributed by atoms with van der Waals surface area (Å²) in [5, 5.41) is 1.08.